The fourth-order valence-corrected chi connectivity index (χ4v) is 2.13. The van der Waals surface area contributed by atoms with Gasteiger partial charge in [-0.3, -0.25) is 0 Å². The Hall–Kier alpha value is -1.08. The van der Waals surface area contributed by atoms with Gasteiger partial charge in [-0.2, -0.15) is 0 Å². The molecule has 0 aromatic heterocycles. The molecule has 0 radical (unpaired) electrons. The average molecular weight is 247 g/mol. The molecule has 0 aromatic carbocycles. The minimum atomic E-state index is 0.500. The molecule has 1 heteroatoms. The summed E-state index contributed by atoms with van der Waals surface area (Å²) in [5, 5.41) is 3.54. The highest BCUT2D eigenvalue weighted by molar-refractivity contribution is 5.45. The van der Waals surface area contributed by atoms with E-state index in [9.17, 15) is 0 Å². The molecule has 0 spiro atoms. The maximum atomic E-state index is 3.82. The van der Waals surface area contributed by atoms with Crippen molar-refractivity contribution in [1.29, 1.82) is 0 Å². The summed E-state index contributed by atoms with van der Waals surface area (Å²) in [7, 11) is 0. The van der Waals surface area contributed by atoms with E-state index in [0.29, 0.717) is 6.04 Å². The highest BCUT2D eigenvalue weighted by Gasteiger charge is 2.19. The van der Waals surface area contributed by atoms with E-state index in [2.05, 4.69) is 50.9 Å². The fourth-order valence-electron chi connectivity index (χ4n) is 2.13. The molecule has 1 rings (SSSR count). The summed E-state index contributed by atoms with van der Waals surface area (Å²) >= 11 is 0. The van der Waals surface area contributed by atoms with Crippen molar-refractivity contribution >= 4 is 0 Å². The molecule has 0 bridgehead atoms. The van der Waals surface area contributed by atoms with Crippen molar-refractivity contribution < 1.29 is 0 Å². The molecule has 1 atom stereocenters. The smallest absolute Gasteiger partial charge is 0.0326 e. The number of hydrogen-bond donors (Lipinski definition) is 1. The number of allylic oxidation sites excluding steroid dienone is 5. The molecule has 18 heavy (non-hydrogen) atoms. The molecule has 1 fully saturated rings. The van der Waals surface area contributed by atoms with E-state index < -0.39 is 0 Å². The molecule has 0 aliphatic carbocycles. The fraction of sp³-hybridized carbons (Fsp3) is 0.529. The monoisotopic (exact) mass is 247 g/mol. The van der Waals surface area contributed by atoms with Crippen LogP contribution in [-0.2, 0) is 0 Å². The zero-order chi connectivity index (χ0) is 14.0. The summed E-state index contributed by atoms with van der Waals surface area (Å²) < 4.78 is 0. The van der Waals surface area contributed by atoms with Crippen LogP contribution in [-0.4, -0.2) is 12.6 Å². The Morgan fingerprint density at radius 3 is 2.33 bits per heavy atom. The third-order valence-electron chi connectivity index (χ3n) is 2.82. The van der Waals surface area contributed by atoms with Gasteiger partial charge >= 0.3 is 0 Å². The summed E-state index contributed by atoms with van der Waals surface area (Å²) in [5.74, 6) is 0. The second-order valence-corrected chi connectivity index (χ2v) is 4.47. The van der Waals surface area contributed by atoms with E-state index in [1.165, 1.54) is 29.6 Å². The minimum absolute atomic E-state index is 0.500. The first-order chi connectivity index (χ1) is 8.69. The standard InChI is InChI=1S/C15H23N.C2H6/c1-5-8-14(15-9-7-10-16-15)13(6-2)11-12(3)4;1-2/h5-6,8,11,15-16H,1,7,9-10H2,2-4H3;1-2H3/b13-6-,14-8+;. The summed E-state index contributed by atoms with van der Waals surface area (Å²) in [6, 6.07) is 0.500. The molecule has 1 aliphatic heterocycles. The largest absolute Gasteiger partial charge is 0.310 e. The summed E-state index contributed by atoms with van der Waals surface area (Å²) in [5.41, 5.74) is 4.02. The first-order valence-corrected chi connectivity index (χ1v) is 7.06. The van der Waals surface area contributed by atoms with Crippen LogP contribution in [0.1, 0.15) is 47.5 Å². The van der Waals surface area contributed by atoms with Crippen LogP contribution in [0.5, 0.6) is 0 Å². The van der Waals surface area contributed by atoms with Crippen molar-refractivity contribution in [3.05, 3.63) is 47.6 Å². The second kappa shape index (κ2) is 9.90. The Kier molecular flexibility index (Phi) is 9.31. The van der Waals surface area contributed by atoms with E-state index >= 15 is 0 Å². The Balaban J connectivity index is 0.00000137. The average Bonchev–Trinajstić information content (AvgIpc) is 2.89. The molecule has 102 valence electrons. The molecule has 0 saturated carbocycles. The molecule has 1 unspecified atom stereocenters. The molecular weight excluding hydrogens is 218 g/mol. The zero-order valence-corrected chi connectivity index (χ0v) is 12.7. The van der Waals surface area contributed by atoms with E-state index in [4.69, 9.17) is 0 Å². The van der Waals surface area contributed by atoms with Gasteiger partial charge in [0.25, 0.3) is 0 Å². The van der Waals surface area contributed by atoms with Gasteiger partial charge in [0.15, 0.2) is 0 Å². The lowest BCUT2D eigenvalue weighted by Crippen LogP contribution is -2.24. The van der Waals surface area contributed by atoms with Crippen molar-refractivity contribution in [2.75, 3.05) is 6.54 Å². The van der Waals surface area contributed by atoms with Gasteiger partial charge in [0, 0.05) is 6.04 Å². The van der Waals surface area contributed by atoms with Gasteiger partial charge in [-0.1, -0.05) is 50.3 Å². The second-order valence-electron chi connectivity index (χ2n) is 4.47. The van der Waals surface area contributed by atoms with Gasteiger partial charge in [-0.25, -0.2) is 0 Å². The van der Waals surface area contributed by atoms with Crippen LogP contribution in [0.25, 0.3) is 0 Å². The lowest BCUT2D eigenvalue weighted by Gasteiger charge is -2.16. The first-order valence-electron chi connectivity index (χ1n) is 7.06. The van der Waals surface area contributed by atoms with Crippen LogP contribution >= 0.6 is 0 Å². The lowest BCUT2D eigenvalue weighted by molar-refractivity contribution is 0.697. The normalized spacial score (nSPS) is 19.9. The van der Waals surface area contributed by atoms with Gasteiger partial charge in [0.2, 0.25) is 0 Å². The molecule has 0 aromatic rings. The van der Waals surface area contributed by atoms with Crippen molar-refractivity contribution in [1.82, 2.24) is 5.32 Å². The lowest BCUT2D eigenvalue weighted by atomic mass is 9.95. The van der Waals surface area contributed by atoms with Crippen LogP contribution in [0, 0.1) is 0 Å². The molecule has 1 aliphatic rings. The van der Waals surface area contributed by atoms with Crippen molar-refractivity contribution in [3.63, 3.8) is 0 Å². The molecule has 1 N–H and O–H groups in total. The predicted octanol–water partition coefficient (Wildman–Crippen LogP) is 4.79. The van der Waals surface area contributed by atoms with Crippen LogP contribution in [0.3, 0.4) is 0 Å². The SMILES string of the molecule is C=C/C=C(\C(C=C(C)C)=C/C)C1CCCN1.CC. The van der Waals surface area contributed by atoms with E-state index in [1.807, 2.05) is 19.9 Å². The Bertz CT molecular complexity index is 322. The number of nitrogens with one attached hydrogen (secondary N) is 1. The predicted molar refractivity (Wildman–Crippen MR) is 83.8 cm³/mol. The van der Waals surface area contributed by atoms with Gasteiger partial charge < -0.3 is 5.32 Å². The summed E-state index contributed by atoms with van der Waals surface area (Å²) in [6.45, 7) is 15.3. The first kappa shape index (κ1) is 16.9. The quantitative estimate of drug-likeness (QED) is 0.704. The summed E-state index contributed by atoms with van der Waals surface area (Å²) in [6.07, 6.45) is 11.0. The van der Waals surface area contributed by atoms with Crippen LogP contribution < -0.4 is 5.32 Å². The van der Waals surface area contributed by atoms with E-state index in [-0.39, 0.29) is 0 Å². The molecule has 0 amide bonds. The highest BCUT2D eigenvalue weighted by Crippen LogP contribution is 2.23. The maximum absolute atomic E-state index is 3.82. The van der Waals surface area contributed by atoms with Gasteiger partial charge in [-0.15, -0.1) is 0 Å². The Labute approximate surface area is 113 Å². The summed E-state index contributed by atoms with van der Waals surface area (Å²) in [4.78, 5) is 0. The van der Waals surface area contributed by atoms with Crippen LogP contribution in [0.2, 0.25) is 0 Å². The molecule has 1 heterocycles. The van der Waals surface area contributed by atoms with Crippen LogP contribution in [0.4, 0.5) is 0 Å². The van der Waals surface area contributed by atoms with Gasteiger partial charge in [-0.05, 0) is 51.3 Å². The molecular formula is C17H29N. The van der Waals surface area contributed by atoms with E-state index in [1.54, 1.807) is 0 Å². The highest BCUT2D eigenvalue weighted by atomic mass is 14.9. The zero-order valence-electron chi connectivity index (χ0n) is 12.7. The van der Waals surface area contributed by atoms with E-state index in [0.717, 1.165) is 6.54 Å². The molecule has 1 saturated heterocycles. The minimum Gasteiger partial charge on any atom is -0.310 e. The topological polar surface area (TPSA) is 12.0 Å². The van der Waals surface area contributed by atoms with Crippen LogP contribution in [0.15, 0.2) is 47.6 Å². The third kappa shape index (κ3) is 5.50. The number of rotatable bonds is 4. The third-order valence-corrected chi connectivity index (χ3v) is 2.82. The van der Waals surface area contributed by atoms with Crippen molar-refractivity contribution in [2.24, 2.45) is 0 Å². The molecule has 1 nitrogen and oxygen atoms in total. The number of hydrogen-bond acceptors (Lipinski definition) is 1. The Morgan fingerprint density at radius 2 is 1.94 bits per heavy atom. The van der Waals surface area contributed by atoms with Crippen molar-refractivity contribution in [2.45, 2.75) is 53.5 Å². The maximum Gasteiger partial charge on any atom is 0.0326 e. The van der Waals surface area contributed by atoms with Crippen molar-refractivity contribution in [3.8, 4) is 0 Å². The van der Waals surface area contributed by atoms with Gasteiger partial charge in [0.1, 0.15) is 0 Å². The van der Waals surface area contributed by atoms with Gasteiger partial charge in [0.05, 0.1) is 0 Å². The Morgan fingerprint density at radius 1 is 1.28 bits per heavy atom.